The van der Waals surface area contributed by atoms with Gasteiger partial charge in [-0.05, 0) is 22.9 Å². The van der Waals surface area contributed by atoms with E-state index in [4.69, 9.17) is 5.73 Å². The standard InChI is InChI=1S/C15H13N3S2/c16-14-10-5-6-15(9-11(10)17-18-14,12-3-1-7-19-12)13-4-2-8-20-13/h1-8H,9H2,(H3,16,17,18). The monoisotopic (exact) mass is 299 g/mol. The van der Waals surface area contributed by atoms with Crippen LogP contribution in [0.3, 0.4) is 0 Å². The smallest absolute Gasteiger partial charge is 0.152 e. The molecule has 20 heavy (non-hydrogen) atoms. The molecule has 0 saturated carbocycles. The van der Waals surface area contributed by atoms with Crippen LogP contribution in [0.2, 0.25) is 0 Å². The Morgan fingerprint density at radius 3 is 2.45 bits per heavy atom. The van der Waals surface area contributed by atoms with Crippen LogP contribution in [0, 0.1) is 0 Å². The summed E-state index contributed by atoms with van der Waals surface area (Å²) in [7, 11) is 0. The molecule has 3 N–H and O–H groups in total. The van der Waals surface area contributed by atoms with E-state index in [2.05, 4.69) is 57.4 Å². The van der Waals surface area contributed by atoms with Crippen LogP contribution in [0.1, 0.15) is 21.0 Å². The molecule has 1 aliphatic rings. The summed E-state index contributed by atoms with van der Waals surface area (Å²) < 4.78 is 0. The van der Waals surface area contributed by atoms with Crippen molar-refractivity contribution < 1.29 is 0 Å². The highest BCUT2D eigenvalue weighted by Crippen LogP contribution is 2.45. The molecule has 0 amide bonds. The number of aromatic amines is 1. The van der Waals surface area contributed by atoms with Crippen LogP contribution < -0.4 is 5.73 Å². The van der Waals surface area contributed by atoms with Gasteiger partial charge in [-0.15, -0.1) is 22.7 Å². The number of fused-ring (bicyclic) bond motifs is 1. The molecule has 0 aromatic carbocycles. The molecular weight excluding hydrogens is 286 g/mol. The number of anilines is 1. The number of nitrogen functional groups attached to an aromatic ring is 1. The van der Waals surface area contributed by atoms with Crippen LogP contribution in [-0.2, 0) is 11.8 Å². The lowest BCUT2D eigenvalue weighted by atomic mass is 9.76. The molecule has 5 heteroatoms. The molecule has 0 fully saturated rings. The zero-order valence-electron chi connectivity index (χ0n) is 10.7. The molecule has 0 bridgehead atoms. The molecule has 0 aliphatic heterocycles. The fourth-order valence-corrected chi connectivity index (χ4v) is 4.72. The van der Waals surface area contributed by atoms with E-state index in [-0.39, 0.29) is 5.41 Å². The minimum atomic E-state index is -0.0890. The summed E-state index contributed by atoms with van der Waals surface area (Å²) in [4.78, 5) is 2.71. The van der Waals surface area contributed by atoms with E-state index >= 15 is 0 Å². The lowest BCUT2D eigenvalue weighted by molar-refractivity contribution is 0.645. The summed E-state index contributed by atoms with van der Waals surface area (Å²) in [5.41, 5.74) is 7.96. The zero-order chi connectivity index (χ0) is 13.6. The summed E-state index contributed by atoms with van der Waals surface area (Å²) in [6, 6.07) is 8.64. The highest BCUT2D eigenvalue weighted by atomic mass is 32.1. The quantitative estimate of drug-likeness (QED) is 0.758. The van der Waals surface area contributed by atoms with Crippen LogP contribution in [-0.4, -0.2) is 10.2 Å². The minimum absolute atomic E-state index is 0.0890. The van der Waals surface area contributed by atoms with Crippen LogP contribution in [0.15, 0.2) is 41.1 Å². The Hall–Kier alpha value is -1.85. The Labute approximate surface area is 124 Å². The SMILES string of the molecule is Nc1n[nH]c2c1C=CC(c1cccs1)(c1cccs1)C2. The molecule has 1 aliphatic carbocycles. The van der Waals surface area contributed by atoms with Gasteiger partial charge in [0.1, 0.15) is 0 Å². The molecule has 0 spiro atoms. The topological polar surface area (TPSA) is 54.7 Å². The molecule has 0 saturated heterocycles. The molecule has 3 nitrogen and oxygen atoms in total. The first-order chi connectivity index (χ1) is 9.79. The second-order valence-corrected chi connectivity index (χ2v) is 6.83. The number of allylic oxidation sites excluding steroid dienone is 1. The zero-order valence-corrected chi connectivity index (χ0v) is 12.3. The van der Waals surface area contributed by atoms with Crippen LogP contribution in [0.4, 0.5) is 5.82 Å². The maximum atomic E-state index is 5.90. The highest BCUT2D eigenvalue weighted by molar-refractivity contribution is 7.11. The van der Waals surface area contributed by atoms with Gasteiger partial charge in [-0.2, -0.15) is 5.10 Å². The van der Waals surface area contributed by atoms with Crippen LogP contribution in [0.25, 0.3) is 6.08 Å². The number of hydrogen-bond donors (Lipinski definition) is 2. The Balaban J connectivity index is 1.92. The number of thiophene rings is 2. The second-order valence-electron chi connectivity index (χ2n) is 4.94. The third-order valence-electron chi connectivity index (χ3n) is 3.82. The minimum Gasteiger partial charge on any atom is -0.382 e. The normalized spacial score (nSPS) is 16.2. The van der Waals surface area contributed by atoms with Crippen LogP contribution >= 0.6 is 22.7 Å². The van der Waals surface area contributed by atoms with E-state index in [1.807, 2.05) is 0 Å². The van der Waals surface area contributed by atoms with Crippen molar-refractivity contribution in [2.45, 2.75) is 11.8 Å². The molecule has 4 rings (SSSR count). The lowest BCUT2D eigenvalue weighted by Gasteiger charge is -2.31. The maximum absolute atomic E-state index is 5.90. The van der Waals surface area contributed by atoms with Crippen molar-refractivity contribution in [3.05, 3.63) is 62.1 Å². The van der Waals surface area contributed by atoms with Gasteiger partial charge in [0, 0.05) is 27.4 Å². The number of H-pyrrole nitrogens is 1. The summed E-state index contributed by atoms with van der Waals surface area (Å²) in [6.45, 7) is 0. The number of aromatic nitrogens is 2. The molecule has 0 atom stereocenters. The predicted octanol–water partition coefficient (Wildman–Crippen LogP) is 3.67. The molecule has 0 radical (unpaired) electrons. The van der Waals surface area contributed by atoms with Gasteiger partial charge >= 0.3 is 0 Å². The Morgan fingerprint density at radius 1 is 1.15 bits per heavy atom. The fraction of sp³-hybridized carbons (Fsp3) is 0.133. The van der Waals surface area contributed by atoms with E-state index in [0.29, 0.717) is 5.82 Å². The number of nitrogens with one attached hydrogen (secondary N) is 1. The summed E-state index contributed by atoms with van der Waals surface area (Å²) in [5, 5.41) is 11.5. The van der Waals surface area contributed by atoms with Crippen molar-refractivity contribution in [1.82, 2.24) is 10.2 Å². The molecule has 3 aromatic rings. The van der Waals surface area contributed by atoms with E-state index in [9.17, 15) is 0 Å². The molecule has 0 unspecified atom stereocenters. The van der Waals surface area contributed by atoms with Gasteiger partial charge in [0.25, 0.3) is 0 Å². The van der Waals surface area contributed by atoms with Crippen molar-refractivity contribution in [3.8, 4) is 0 Å². The van der Waals surface area contributed by atoms with Crippen LogP contribution in [0.5, 0.6) is 0 Å². The number of hydrogen-bond acceptors (Lipinski definition) is 4. The van der Waals surface area contributed by atoms with Crippen molar-refractivity contribution >= 4 is 34.6 Å². The number of nitrogens with zero attached hydrogens (tertiary/aromatic N) is 1. The number of nitrogens with two attached hydrogens (primary N) is 1. The first-order valence-corrected chi connectivity index (χ1v) is 8.15. The lowest BCUT2D eigenvalue weighted by Crippen LogP contribution is -2.28. The van der Waals surface area contributed by atoms with Gasteiger partial charge < -0.3 is 5.73 Å². The average molecular weight is 299 g/mol. The fourth-order valence-electron chi connectivity index (χ4n) is 2.81. The maximum Gasteiger partial charge on any atom is 0.152 e. The summed E-state index contributed by atoms with van der Waals surface area (Å²) in [5.74, 6) is 0.585. The molecule has 3 aromatic heterocycles. The van der Waals surface area contributed by atoms with Gasteiger partial charge in [-0.3, -0.25) is 5.10 Å². The predicted molar refractivity (Wildman–Crippen MR) is 85.2 cm³/mol. The number of rotatable bonds is 2. The van der Waals surface area contributed by atoms with Crippen molar-refractivity contribution in [3.63, 3.8) is 0 Å². The van der Waals surface area contributed by atoms with Gasteiger partial charge in [0.2, 0.25) is 0 Å². The average Bonchev–Trinajstić information content (AvgIpc) is 3.21. The molecule has 100 valence electrons. The Bertz CT molecular complexity index is 717. The third-order valence-corrected chi connectivity index (χ3v) is 5.92. The third kappa shape index (κ3) is 1.60. The van der Waals surface area contributed by atoms with Crippen molar-refractivity contribution in [1.29, 1.82) is 0 Å². The Morgan fingerprint density at radius 2 is 1.85 bits per heavy atom. The van der Waals surface area contributed by atoms with Gasteiger partial charge in [0.05, 0.1) is 5.41 Å². The van der Waals surface area contributed by atoms with Crippen molar-refractivity contribution in [2.24, 2.45) is 0 Å². The second kappa shape index (κ2) is 4.33. The van der Waals surface area contributed by atoms with E-state index in [0.717, 1.165) is 17.7 Å². The van der Waals surface area contributed by atoms with E-state index < -0.39 is 0 Å². The summed E-state index contributed by atoms with van der Waals surface area (Å²) >= 11 is 3.60. The van der Waals surface area contributed by atoms with Gasteiger partial charge in [0.15, 0.2) is 5.82 Å². The van der Waals surface area contributed by atoms with E-state index in [1.165, 1.54) is 9.75 Å². The van der Waals surface area contributed by atoms with Crippen molar-refractivity contribution in [2.75, 3.05) is 5.73 Å². The largest absolute Gasteiger partial charge is 0.382 e. The Kier molecular flexibility index (Phi) is 2.58. The molecular formula is C15H13N3S2. The molecule has 3 heterocycles. The van der Waals surface area contributed by atoms with E-state index in [1.54, 1.807) is 22.7 Å². The van der Waals surface area contributed by atoms with Gasteiger partial charge in [-0.1, -0.05) is 24.3 Å². The highest BCUT2D eigenvalue weighted by Gasteiger charge is 2.37. The first-order valence-electron chi connectivity index (χ1n) is 6.39. The first kappa shape index (κ1) is 11.9. The van der Waals surface area contributed by atoms with Gasteiger partial charge in [-0.25, -0.2) is 0 Å². The summed E-state index contributed by atoms with van der Waals surface area (Å²) in [6.07, 6.45) is 5.26.